The van der Waals surface area contributed by atoms with Crippen LogP contribution in [0.1, 0.15) is 39.8 Å². The zero-order chi connectivity index (χ0) is 24.1. The number of hydrogen-bond acceptors (Lipinski definition) is 6. The number of anilines is 1. The average molecular weight is 472 g/mol. The predicted molar refractivity (Wildman–Crippen MR) is 115 cm³/mol. The third-order valence-corrected chi connectivity index (χ3v) is 4.54. The highest BCUT2D eigenvalue weighted by molar-refractivity contribution is 7.80. The molecule has 2 rings (SSSR count). The second-order valence-electron chi connectivity index (χ2n) is 7.14. The van der Waals surface area contributed by atoms with Crippen LogP contribution in [0.4, 0.5) is 23.8 Å². The molecule has 3 N–H and O–H groups in total. The Labute approximate surface area is 187 Å². The van der Waals surface area contributed by atoms with E-state index in [0.29, 0.717) is 6.42 Å². The maximum absolute atomic E-state index is 14.0. The predicted octanol–water partition coefficient (Wildman–Crippen LogP) is 4.17. The van der Waals surface area contributed by atoms with E-state index in [1.165, 1.54) is 13.8 Å². The lowest BCUT2D eigenvalue weighted by Crippen LogP contribution is -2.35. The zero-order valence-electron chi connectivity index (χ0n) is 17.9. The number of carbonyl (C=O) groups is 2. The molecule has 0 unspecified atom stereocenters. The van der Waals surface area contributed by atoms with Crippen LogP contribution >= 0.6 is 12.2 Å². The summed E-state index contributed by atoms with van der Waals surface area (Å²) in [5.74, 6) is -5.20. The Morgan fingerprint density at radius 1 is 1.16 bits per heavy atom. The molecule has 174 valence electrons. The Hall–Kier alpha value is -3.15. The number of aromatic nitrogens is 2. The number of alkyl carbamates (subject to hydrolysis) is 1. The summed E-state index contributed by atoms with van der Waals surface area (Å²) in [6.07, 6.45) is -0.239. The number of esters is 1. The van der Waals surface area contributed by atoms with Gasteiger partial charge in [-0.15, -0.1) is 0 Å². The van der Waals surface area contributed by atoms with Crippen LogP contribution in [0.15, 0.2) is 12.1 Å². The number of carbonyl (C=O) groups excluding carboxylic acids is 2. The first-order chi connectivity index (χ1) is 15.0. The standard InChI is InChI=1S/C20H23F3N4O4S/c1-5-7-31-17(28)20(3,4)15-13(10-8-11(21)14(23)12(22)9-10)16(27-26-15)24-18(32)25-19(29)30-6-2/h8-9H,5-7H2,1-4H3,(H3,24,25,26,27,29,32). The van der Waals surface area contributed by atoms with Gasteiger partial charge in [-0.05, 0) is 57.1 Å². The normalized spacial score (nSPS) is 11.1. The molecular formula is C20H23F3N4O4S. The van der Waals surface area contributed by atoms with Gasteiger partial charge in [0.2, 0.25) is 0 Å². The fourth-order valence-electron chi connectivity index (χ4n) is 2.74. The van der Waals surface area contributed by atoms with Gasteiger partial charge >= 0.3 is 12.1 Å². The van der Waals surface area contributed by atoms with E-state index in [1.54, 1.807) is 6.92 Å². The van der Waals surface area contributed by atoms with Crippen molar-refractivity contribution in [3.05, 3.63) is 35.3 Å². The van der Waals surface area contributed by atoms with Crippen molar-refractivity contribution in [2.75, 3.05) is 18.5 Å². The van der Waals surface area contributed by atoms with E-state index in [0.717, 1.165) is 12.1 Å². The number of ether oxygens (including phenoxy) is 2. The molecular weight excluding hydrogens is 449 g/mol. The van der Waals surface area contributed by atoms with Gasteiger partial charge in [-0.2, -0.15) is 5.10 Å². The van der Waals surface area contributed by atoms with Crippen LogP contribution in [-0.2, 0) is 19.7 Å². The van der Waals surface area contributed by atoms with Gasteiger partial charge in [-0.1, -0.05) is 6.92 Å². The van der Waals surface area contributed by atoms with Gasteiger partial charge in [-0.25, -0.2) is 18.0 Å². The van der Waals surface area contributed by atoms with Gasteiger partial charge in [0.1, 0.15) is 5.41 Å². The van der Waals surface area contributed by atoms with E-state index >= 15 is 0 Å². The molecule has 0 atom stereocenters. The molecule has 8 nitrogen and oxygen atoms in total. The number of nitrogens with zero attached hydrogens (tertiary/aromatic N) is 1. The Kier molecular flexibility index (Phi) is 8.19. The van der Waals surface area contributed by atoms with Crippen molar-refractivity contribution in [2.24, 2.45) is 0 Å². The van der Waals surface area contributed by atoms with Crippen molar-refractivity contribution < 1.29 is 32.2 Å². The smallest absolute Gasteiger partial charge is 0.413 e. The van der Waals surface area contributed by atoms with E-state index in [1.807, 2.05) is 6.92 Å². The van der Waals surface area contributed by atoms with Crippen molar-refractivity contribution in [2.45, 2.75) is 39.5 Å². The van der Waals surface area contributed by atoms with Crippen LogP contribution in [0.2, 0.25) is 0 Å². The third kappa shape index (κ3) is 5.55. The summed E-state index contributed by atoms with van der Waals surface area (Å²) < 4.78 is 51.4. The second kappa shape index (κ2) is 10.4. The summed E-state index contributed by atoms with van der Waals surface area (Å²) in [5, 5.41) is 11.3. The zero-order valence-corrected chi connectivity index (χ0v) is 18.7. The molecule has 1 aromatic carbocycles. The van der Waals surface area contributed by atoms with Crippen molar-refractivity contribution >= 4 is 35.2 Å². The molecule has 0 spiro atoms. The molecule has 0 radical (unpaired) electrons. The van der Waals surface area contributed by atoms with Crippen LogP contribution in [0.5, 0.6) is 0 Å². The van der Waals surface area contributed by atoms with E-state index in [4.69, 9.17) is 21.7 Å². The third-order valence-electron chi connectivity index (χ3n) is 4.33. The molecule has 0 saturated heterocycles. The van der Waals surface area contributed by atoms with Gasteiger partial charge in [0.25, 0.3) is 0 Å². The monoisotopic (exact) mass is 472 g/mol. The molecule has 32 heavy (non-hydrogen) atoms. The van der Waals surface area contributed by atoms with Gasteiger partial charge in [0.05, 0.1) is 18.9 Å². The molecule has 12 heteroatoms. The van der Waals surface area contributed by atoms with Gasteiger partial charge in [0.15, 0.2) is 28.4 Å². The summed E-state index contributed by atoms with van der Waals surface area (Å²) in [7, 11) is 0. The number of nitrogens with one attached hydrogen (secondary N) is 3. The molecule has 2 aromatic rings. The SMILES string of the molecule is CCCOC(=O)C(C)(C)c1[nH]nc(NC(=S)NC(=O)OCC)c1-c1cc(F)c(F)c(F)c1. The Morgan fingerprint density at radius 2 is 1.78 bits per heavy atom. The van der Waals surface area contributed by atoms with Crippen LogP contribution in [0, 0.1) is 17.5 Å². The molecule has 1 aromatic heterocycles. The van der Waals surface area contributed by atoms with E-state index in [9.17, 15) is 22.8 Å². The molecule has 0 aliphatic carbocycles. The first kappa shape index (κ1) is 25.1. The van der Waals surface area contributed by atoms with Crippen molar-refractivity contribution in [3.8, 4) is 11.1 Å². The van der Waals surface area contributed by atoms with E-state index in [2.05, 4.69) is 20.8 Å². The summed E-state index contributed by atoms with van der Waals surface area (Å²) in [6.45, 7) is 6.75. The lowest BCUT2D eigenvalue weighted by Gasteiger charge is -2.23. The number of benzene rings is 1. The first-order valence-corrected chi connectivity index (χ1v) is 10.1. The molecule has 0 aliphatic rings. The number of aromatic amines is 1. The lowest BCUT2D eigenvalue weighted by molar-refractivity contribution is -0.149. The minimum atomic E-state index is -1.64. The summed E-state index contributed by atoms with van der Waals surface area (Å²) in [5.41, 5.74) is -1.29. The summed E-state index contributed by atoms with van der Waals surface area (Å²) in [4.78, 5) is 24.2. The fourth-order valence-corrected chi connectivity index (χ4v) is 2.92. The van der Waals surface area contributed by atoms with Crippen LogP contribution in [0.25, 0.3) is 11.1 Å². The topological polar surface area (TPSA) is 105 Å². The van der Waals surface area contributed by atoms with E-state index < -0.39 is 34.9 Å². The van der Waals surface area contributed by atoms with Gasteiger partial charge < -0.3 is 14.8 Å². The Balaban J connectivity index is 2.55. The minimum Gasteiger partial charge on any atom is -0.465 e. The highest BCUT2D eigenvalue weighted by atomic mass is 32.1. The van der Waals surface area contributed by atoms with Crippen LogP contribution in [0.3, 0.4) is 0 Å². The van der Waals surface area contributed by atoms with E-state index in [-0.39, 0.29) is 41.0 Å². The number of thiocarbonyl (C=S) groups is 1. The molecule has 1 heterocycles. The van der Waals surface area contributed by atoms with Crippen molar-refractivity contribution in [1.82, 2.24) is 15.5 Å². The maximum Gasteiger partial charge on any atom is 0.413 e. The van der Waals surface area contributed by atoms with Gasteiger partial charge in [0, 0.05) is 5.56 Å². The molecule has 0 aliphatic heterocycles. The number of halogens is 3. The quantitative estimate of drug-likeness (QED) is 0.316. The van der Waals surface area contributed by atoms with Crippen molar-refractivity contribution in [3.63, 3.8) is 0 Å². The highest BCUT2D eigenvalue weighted by Gasteiger charge is 2.37. The number of hydrogen-bond donors (Lipinski definition) is 3. The van der Waals surface area contributed by atoms with Crippen LogP contribution in [-0.4, -0.2) is 40.6 Å². The maximum atomic E-state index is 14.0. The summed E-state index contributed by atoms with van der Waals surface area (Å²) >= 11 is 5.04. The van der Waals surface area contributed by atoms with Gasteiger partial charge in [-0.3, -0.25) is 15.2 Å². The molecule has 0 fully saturated rings. The number of rotatable bonds is 7. The number of amides is 1. The number of H-pyrrole nitrogens is 1. The molecule has 0 saturated carbocycles. The minimum absolute atomic E-state index is 0.0363. The van der Waals surface area contributed by atoms with Crippen LogP contribution < -0.4 is 10.6 Å². The fraction of sp³-hybridized carbons (Fsp3) is 0.400. The molecule has 0 bridgehead atoms. The lowest BCUT2D eigenvalue weighted by atomic mass is 9.85. The second-order valence-corrected chi connectivity index (χ2v) is 7.54. The first-order valence-electron chi connectivity index (χ1n) is 9.68. The highest BCUT2D eigenvalue weighted by Crippen LogP contribution is 2.38. The van der Waals surface area contributed by atoms with Crippen molar-refractivity contribution in [1.29, 1.82) is 0 Å². The average Bonchev–Trinajstić information content (AvgIpc) is 3.13. The summed E-state index contributed by atoms with van der Waals surface area (Å²) in [6, 6.07) is 1.51. The Morgan fingerprint density at radius 3 is 2.34 bits per heavy atom. The largest absolute Gasteiger partial charge is 0.465 e. The Bertz CT molecular complexity index is 1000. The molecule has 1 amide bonds.